The molecule has 4 aliphatic rings. The number of Topliss-reactive ketones (excluding diaryl/α,β-unsaturated/α-hetero) is 2. The van der Waals surface area contributed by atoms with Crippen LogP contribution in [0.4, 0.5) is 37.7 Å². The van der Waals surface area contributed by atoms with E-state index in [-0.39, 0.29) is 0 Å². The van der Waals surface area contributed by atoms with Gasteiger partial charge in [-0.1, -0.05) is 24.3 Å². The molecule has 2 aromatic rings. The molecule has 0 aromatic heterocycles. The van der Waals surface area contributed by atoms with Crippen LogP contribution in [-0.4, -0.2) is 56.6 Å². The molecule has 6 rings (SSSR count). The number of nitrogens with one attached hydrogen (secondary N) is 1. The topological polar surface area (TPSA) is 52.7 Å². The van der Waals surface area contributed by atoms with E-state index in [9.17, 15) is 35.9 Å². The molecule has 4 heterocycles. The second-order valence-corrected chi connectivity index (χ2v) is 10.2. The fourth-order valence-corrected chi connectivity index (χ4v) is 6.04. The summed E-state index contributed by atoms with van der Waals surface area (Å²) < 4.78 is 67.0. The molecule has 1 fully saturated rings. The molecule has 4 aliphatic heterocycles. The fourth-order valence-electron chi connectivity index (χ4n) is 6.04. The molecule has 0 amide bonds. The number of ketones is 2. The highest BCUT2D eigenvalue weighted by Crippen LogP contribution is 2.46. The van der Waals surface area contributed by atoms with E-state index in [2.05, 4.69) is 51.5 Å². The molecule has 2 aromatic carbocycles. The van der Waals surface area contributed by atoms with Crippen molar-refractivity contribution in [2.75, 3.05) is 42.5 Å². The predicted molar refractivity (Wildman–Crippen MR) is 129 cm³/mol. The van der Waals surface area contributed by atoms with Gasteiger partial charge in [-0.25, -0.2) is 0 Å². The number of halogens is 6. The van der Waals surface area contributed by atoms with E-state index in [1.54, 1.807) is 16.8 Å². The Hall–Kier alpha value is -3.08. The third-order valence-corrected chi connectivity index (χ3v) is 7.80. The average molecular weight is 540 g/mol. The SMILES string of the molecule is O=C(C(=O)C(F)(F)F)C(F)(F)F.c1ccc2c(c1)CCN(c1cc3c4c(c1)[C@@H]1CNC[C@@H]1CN4CCC3)C2. The minimum Gasteiger partial charge on any atom is -0.371 e. The second kappa shape index (κ2) is 9.91. The molecule has 11 heteroatoms. The van der Waals surface area contributed by atoms with E-state index in [4.69, 9.17) is 0 Å². The summed E-state index contributed by atoms with van der Waals surface area (Å²) in [5.41, 5.74) is 9.34. The first-order valence-electron chi connectivity index (χ1n) is 12.6. The third-order valence-electron chi connectivity index (χ3n) is 7.80. The molecule has 1 saturated heterocycles. The van der Waals surface area contributed by atoms with Crippen LogP contribution in [0.3, 0.4) is 0 Å². The molecular weight excluding hydrogens is 512 g/mol. The van der Waals surface area contributed by atoms with Gasteiger partial charge in [0.2, 0.25) is 0 Å². The summed E-state index contributed by atoms with van der Waals surface area (Å²) in [7, 11) is 0. The van der Waals surface area contributed by atoms with E-state index in [0.717, 1.165) is 31.5 Å². The Morgan fingerprint density at radius 3 is 2.18 bits per heavy atom. The number of benzene rings is 2. The van der Waals surface area contributed by atoms with Crippen molar-refractivity contribution in [2.45, 2.75) is 44.1 Å². The maximum atomic E-state index is 11.2. The van der Waals surface area contributed by atoms with Crippen molar-refractivity contribution < 1.29 is 35.9 Å². The van der Waals surface area contributed by atoms with Crippen LogP contribution in [0.5, 0.6) is 0 Å². The predicted octanol–water partition coefficient (Wildman–Crippen LogP) is 4.57. The highest BCUT2D eigenvalue weighted by Gasteiger charge is 2.54. The highest BCUT2D eigenvalue weighted by molar-refractivity contribution is 6.41. The van der Waals surface area contributed by atoms with Gasteiger partial charge in [0, 0.05) is 56.6 Å². The van der Waals surface area contributed by atoms with Crippen LogP contribution >= 0.6 is 0 Å². The van der Waals surface area contributed by atoms with Gasteiger partial charge in [0.05, 0.1) is 0 Å². The Bertz CT molecular complexity index is 1220. The summed E-state index contributed by atoms with van der Waals surface area (Å²) in [6.07, 6.45) is -7.81. The summed E-state index contributed by atoms with van der Waals surface area (Å²) in [5.74, 6) is -5.30. The average Bonchev–Trinajstić information content (AvgIpc) is 3.36. The molecule has 0 bridgehead atoms. The summed E-state index contributed by atoms with van der Waals surface area (Å²) in [6, 6.07) is 14.0. The Balaban J connectivity index is 0.000000210. The second-order valence-electron chi connectivity index (χ2n) is 10.2. The van der Waals surface area contributed by atoms with Crippen molar-refractivity contribution in [3.8, 4) is 0 Å². The summed E-state index contributed by atoms with van der Waals surface area (Å²) >= 11 is 0. The molecule has 0 aliphatic carbocycles. The number of alkyl halides is 6. The number of hydrogen-bond acceptors (Lipinski definition) is 5. The number of carbonyl (C=O) groups excluding carboxylic acids is 2. The smallest absolute Gasteiger partial charge is 0.371 e. The van der Waals surface area contributed by atoms with Crippen LogP contribution in [-0.2, 0) is 29.0 Å². The maximum absolute atomic E-state index is 11.2. The minimum atomic E-state index is -5.77. The number of aryl methyl sites for hydroxylation is 1. The molecule has 2 atom stereocenters. The van der Waals surface area contributed by atoms with E-state index in [1.165, 1.54) is 55.7 Å². The molecule has 0 spiro atoms. The molecule has 0 radical (unpaired) electrons. The van der Waals surface area contributed by atoms with Gasteiger partial charge in [0.25, 0.3) is 0 Å². The maximum Gasteiger partial charge on any atom is 0.458 e. The number of anilines is 2. The lowest BCUT2D eigenvalue weighted by Crippen LogP contribution is -2.41. The first-order valence-corrected chi connectivity index (χ1v) is 12.6. The Kier molecular flexibility index (Phi) is 6.91. The first kappa shape index (κ1) is 26.5. The molecule has 5 nitrogen and oxygen atoms in total. The largest absolute Gasteiger partial charge is 0.458 e. The minimum absolute atomic E-state index is 0.718. The van der Waals surface area contributed by atoms with Gasteiger partial charge in [-0.3, -0.25) is 9.59 Å². The van der Waals surface area contributed by atoms with Crippen molar-refractivity contribution in [3.05, 3.63) is 58.7 Å². The monoisotopic (exact) mass is 539 g/mol. The van der Waals surface area contributed by atoms with Gasteiger partial charge in [-0.2, -0.15) is 26.3 Å². The Morgan fingerprint density at radius 1 is 0.816 bits per heavy atom. The van der Waals surface area contributed by atoms with Gasteiger partial charge in [0.15, 0.2) is 0 Å². The lowest BCUT2D eigenvalue weighted by Gasteiger charge is -2.43. The molecular formula is C27H27F6N3O2. The number of fused-ring (bicyclic) bond motifs is 3. The van der Waals surface area contributed by atoms with Crippen molar-refractivity contribution in [2.24, 2.45) is 5.92 Å². The van der Waals surface area contributed by atoms with Crippen LogP contribution in [0.2, 0.25) is 0 Å². The zero-order valence-corrected chi connectivity index (χ0v) is 20.5. The van der Waals surface area contributed by atoms with Crippen LogP contribution in [0, 0.1) is 5.92 Å². The fraction of sp³-hybridized carbons (Fsp3) is 0.481. The van der Waals surface area contributed by atoms with Crippen LogP contribution in [0.15, 0.2) is 36.4 Å². The van der Waals surface area contributed by atoms with Gasteiger partial charge >= 0.3 is 23.9 Å². The number of nitrogens with zero attached hydrogens (tertiary/aromatic N) is 2. The number of hydrogen-bond donors (Lipinski definition) is 1. The van der Waals surface area contributed by atoms with Crippen molar-refractivity contribution in [1.29, 1.82) is 0 Å². The first-order chi connectivity index (χ1) is 17.9. The summed E-state index contributed by atoms with van der Waals surface area (Å²) in [5, 5.41) is 3.66. The Labute approximate surface area is 215 Å². The zero-order chi connectivity index (χ0) is 27.2. The molecule has 0 unspecified atom stereocenters. The molecule has 1 N–H and O–H groups in total. The van der Waals surface area contributed by atoms with Crippen molar-refractivity contribution in [3.63, 3.8) is 0 Å². The molecule has 0 saturated carbocycles. The number of carbonyl (C=O) groups is 2. The van der Waals surface area contributed by atoms with Crippen LogP contribution < -0.4 is 15.1 Å². The quantitative estimate of drug-likeness (QED) is 0.448. The van der Waals surface area contributed by atoms with Gasteiger partial charge < -0.3 is 15.1 Å². The molecule has 38 heavy (non-hydrogen) atoms. The van der Waals surface area contributed by atoms with Gasteiger partial charge in [-0.15, -0.1) is 0 Å². The number of rotatable bonds is 2. The van der Waals surface area contributed by atoms with Crippen LogP contribution in [0.1, 0.15) is 34.6 Å². The van der Waals surface area contributed by atoms with E-state index >= 15 is 0 Å². The summed E-state index contributed by atoms with van der Waals surface area (Å²) in [4.78, 5) is 24.5. The van der Waals surface area contributed by atoms with E-state index < -0.39 is 23.9 Å². The standard InChI is InChI=1S/C23H27N3.C4F6O2/c1-2-5-18-14-25(9-7-16(18)4-1)20-10-17-6-3-8-26-15-19-12-24-13-22(19)21(11-20)23(17)26;5-3(6,7)1(11)2(12)4(8,9)10/h1-2,4-5,10-11,19,22,24H,3,6-9,12-15H2;/t19-,22-;/m1./s1. The van der Waals surface area contributed by atoms with Gasteiger partial charge in [0.1, 0.15) is 0 Å². The lowest BCUT2D eigenvalue weighted by molar-refractivity contribution is -0.193. The summed E-state index contributed by atoms with van der Waals surface area (Å²) in [6.45, 7) is 7.07. The third kappa shape index (κ3) is 5.12. The normalized spacial score (nSPS) is 22.1. The van der Waals surface area contributed by atoms with Crippen LogP contribution in [0.25, 0.3) is 0 Å². The van der Waals surface area contributed by atoms with Crippen molar-refractivity contribution in [1.82, 2.24) is 5.32 Å². The van der Waals surface area contributed by atoms with Gasteiger partial charge in [-0.05, 0) is 59.6 Å². The zero-order valence-electron chi connectivity index (χ0n) is 20.5. The molecule has 204 valence electrons. The van der Waals surface area contributed by atoms with E-state index in [0.29, 0.717) is 0 Å². The van der Waals surface area contributed by atoms with E-state index in [1.807, 2.05) is 0 Å². The lowest BCUT2D eigenvalue weighted by atomic mass is 9.80. The van der Waals surface area contributed by atoms with Crippen molar-refractivity contribution >= 4 is 22.9 Å². The Morgan fingerprint density at radius 2 is 1.50 bits per heavy atom. The highest BCUT2D eigenvalue weighted by atomic mass is 19.4.